The molecule has 0 unspecified atom stereocenters. The van der Waals surface area contributed by atoms with Crippen molar-refractivity contribution in [3.05, 3.63) is 58.6 Å². The predicted octanol–water partition coefficient (Wildman–Crippen LogP) is 3.18. The van der Waals surface area contributed by atoms with Crippen LogP contribution in [0.5, 0.6) is 0 Å². The molecule has 0 spiro atoms. The van der Waals surface area contributed by atoms with Gasteiger partial charge in [-0.25, -0.2) is 4.79 Å². The van der Waals surface area contributed by atoms with Crippen LogP contribution in [0.3, 0.4) is 0 Å². The van der Waals surface area contributed by atoms with Crippen LogP contribution in [0.1, 0.15) is 34.6 Å². The molecule has 0 saturated carbocycles. The molecule has 1 saturated heterocycles. The van der Waals surface area contributed by atoms with Crippen molar-refractivity contribution in [1.29, 1.82) is 0 Å². The van der Waals surface area contributed by atoms with Gasteiger partial charge in [-0.05, 0) is 42.3 Å². The smallest absolute Gasteiger partial charge is 0.337 e. The Morgan fingerprint density at radius 2 is 1.79 bits per heavy atom. The molecule has 1 fully saturated rings. The number of hydrogen-bond acceptors (Lipinski definition) is 5. The van der Waals surface area contributed by atoms with E-state index >= 15 is 0 Å². The minimum atomic E-state index is -1.13. The second-order valence-corrected chi connectivity index (χ2v) is 8.90. The molecule has 2 amide bonds. The number of carbonyl (C=O) groups is 3. The lowest BCUT2D eigenvalue weighted by molar-refractivity contribution is -0.122. The Morgan fingerprint density at radius 1 is 1.06 bits per heavy atom. The van der Waals surface area contributed by atoms with Crippen LogP contribution in [-0.2, 0) is 4.79 Å². The summed E-state index contributed by atoms with van der Waals surface area (Å²) in [6, 6.07) is 11.4. The van der Waals surface area contributed by atoms with Crippen LogP contribution in [0.4, 0.5) is 11.4 Å². The quantitative estimate of drug-likeness (QED) is 0.545. The fourth-order valence-corrected chi connectivity index (χ4v) is 3.77. The summed E-state index contributed by atoms with van der Waals surface area (Å²) in [7, 11) is 0. The van der Waals surface area contributed by atoms with Crippen molar-refractivity contribution in [2.75, 3.05) is 49.5 Å². The maximum atomic E-state index is 12.5. The molecule has 1 aliphatic heterocycles. The third-order valence-electron chi connectivity index (χ3n) is 5.38. The summed E-state index contributed by atoms with van der Waals surface area (Å²) in [5.41, 5.74) is 1.34. The molecule has 3 rings (SSSR count). The molecule has 2 aromatic carbocycles. The first-order valence-corrected chi connectivity index (χ1v) is 11.3. The highest BCUT2D eigenvalue weighted by atomic mass is 35.5. The van der Waals surface area contributed by atoms with E-state index in [1.807, 2.05) is 0 Å². The number of nitrogens with zero attached hydrogens (tertiary/aromatic N) is 2. The van der Waals surface area contributed by atoms with Crippen molar-refractivity contribution in [3.8, 4) is 0 Å². The van der Waals surface area contributed by atoms with E-state index < -0.39 is 11.9 Å². The SMILES string of the molecule is CC(C)CNC(=O)CN1CCN(c2ccc(NC(=O)c3cccc(Cl)c3)c(C(=O)O)c2)CC1. The van der Waals surface area contributed by atoms with Crippen molar-refractivity contribution in [3.63, 3.8) is 0 Å². The largest absolute Gasteiger partial charge is 0.478 e. The highest BCUT2D eigenvalue weighted by Gasteiger charge is 2.21. The van der Waals surface area contributed by atoms with Crippen LogP contribution >= 0.6 is 11.6 Å². The molecule has 0 aromatic heterocycles. The zero-order valence-corrected chi connectivity index (χ0v) is 19.6. The van der Waals surface area contributed by atoms with Crippen molar-refractivity contribution < 1.29 is 19.5 Å². The summed E-state index contributed by atoms with van der Waals surface area (Å²) in [6.45, 7) is 7.87. The van der Waals surface area contributed by atoms with E-state index in [-0.39, 0.29) is 17.2 Å². The predicted molar refractivity (Wildman–Crippen MR) is 129 cm³/mol. The summed E-state index contributed by atoms with van der Waals surface area (Å²) >= 11 is 5.94. The lowest BCUT2D eigenvalue weighted by atomic mass is 10.1. The Bertz CT molecular complexity index is 1020. The number of hydrogen-bond donors (Lipinski definition) is 3. The number of carboxylic acid groups (broad SMARTS) is 1. The number of carbonyl (C=O) groups excluding carboxylic acids is 2. The zero-order chi connectivity index (χ0) is 24.0. The van der Waals surface area contributed by atoms with Crippen LogP contribution in [-0.4, -0.2) is 67.1 Å². The molecule has 0 bridgehead atoms. The first-order valence-electron chi connectivity index (χ1n) is 10.9. The van der Waals surface area contributed by atoms with Gasteiger partial charge in [-0.2, -0.15) is 0 Å². The van der Waals surface area contributed by atoms with Crippen LogP contribution < -0.4 is 15.5 Å². The van der Waals surface area contributed by atoms with Gasteiger partial charge in [0.15, 0.2) is 0 Å². The number of nitrogens with one attached hydrogen (secondary N) is 2. The highest BCUT2D eigenvalue weighted by molar-refractivity contribution is 6.31. The number of benzene rings is 2. The molecular formula is C24H29ClN4O4. The van der Waals surface area contributed by atoms with E-state index in [1.165, 1.54) is 6.07 Å². The van der Waals surface area contributed by atoms with Gasteiger partial charge < -0.3 is 20.6 Å². The Hall–Kier alpha value is -3.10. The van der Waals surface area contributed by atoms with Crippen LogP contribution in [0, 0.1) is 5.92 Å². The van der Waals surface area contributed by atoms with Crippen molar-refractivity contribution in [2.24, 2.45) is 5.92 Å². The molecule has 9 heteroatoms. The number of aromatic carboxylic acids is 1. The first-order chi connectivity index (χ1) is 15.7. The highest BCUT2D eigenvalue weighted by Crippen LogP contribution is 2.25. The van der Waals surface area contributed by atoms with E-state index in [0.717, 1.165) is 5.69 Å². The number of piperazine rings is 1. The molecule has 8 nitrogen and oxygen atoms in total. The average molecular weight is 473 g/mol. The standard InChI is InChI=1S/C24H29ClN4O4/c1-16(2)14-26-22(30)15-28-8-10-29(11-9-28)19-6-7-21(20(13-19)24(32)33)27-23(31)17-4-3-5-18(25)12-17/h3-7,12-13,16H,8-11,14-15H2,1-2H3,(H,26,30)(H,27,31)(H,32,33). The molecule has 33 heavy (non-hydrogen) atoms. The Kier molecular flexibility index (Phi) is 8.30. The number of rotatable bonds is 8. The van der Waals surface area contributed by atoms with Crippen molar-refractivity contribution >= 4 is 40.8 Å². The van der Waals surface area contributed by atoms with Crippen LogP contribution in [0.15, 0.2) is 42.5 Å². The maximum absolute atomic E-state index is 12.5. The molecule has 1 aliphatic rings. The summed E-state index contributed by atoms with van der Waals surface area (Å²) < 4.78 is 0. The Labute approximate surface area is 198 Å². The molecule has 3 N–H and O–H groups in total. The molecule has 0 radical (unpaired) electrons. The monoisotopic (exact) mass is 472 g/mol. The third kappa shape index (κ3) is 6.94. The van der Waals surface area contributed by atoms with Gasteiger partial charge in [0.25, 0.3) is 5.91 Å². The Morgan fingerprint density at radius 3 is 2.42 bits per heavy atom. The summed E-state index contributed by atoms with van der Waals surface area (Å²) in [5.74, 6) is -1.13. The van der Waals surface area contributed by atoms with Crippen molar-refractivity contribution in [1.82, 2.24) is 10.2 Å². The topological polar surface area (TPSA) is 102 Å². The number of carboxylic acids is 1. The van der Waals surface area contributed by atoms with E-state index in [2.05, 4.69) is 34.3 Å². The second-order valence-electron chi connectivity index (χ2n) is 8.46. The van der Waals surface area contributed by atoms with Gasteiger partial charge in [-0.15, -0.1) is 0 Å². The van der Waals surface area contributed by atoms with E-state index in [4.69, 9.17) is 11.6 Å². The van der Waals surface area contributed by atoms with E-state index in [0.29, 0.717) is 55.8 Å². The van der Waals surface area contributed by atoms with Crippen LogP contribution in [0.2, 0.25) is 5.02 Å². The van der Waals surface area contributed by atoms with Gasteiger partial charge >= 0.3 is 5.97 Å². The second kappa shape index (κ2) is 11.2. The third-order valence-corrected chi connectivity index (χ3v) is 5.62. The van der Waals surface area contributed by atoms with Gasteiger partial charge in [0.05, 0.1) is 17.8 Å². The number of amides is 2. The van der Waals surface area contributed by atoms with E-state index in [9.17, 15) is 19.5 Å². The van der Waals surface area contributed by atoms with Gasteiger partial charge in [-0.3, -0.25) is 14.5 Å². The van der Waals surface area contributed by atoms with Gasteiger partial charge in [0.2, 0.25) is 5.91 Å². The molecule has 0 atom stereocenters. The summed E-state index contributed by atoms with van der Waals surface area (Å²) in [6.07, 6.45) is 0. The molecule has 176 valence electrons. The number of halogens is 1. The molecule has 1 heterocycles. The minimum Gasteiger partial charge on any atom is -0.478 e. The normalized spacial score (nSPS) is 14.2. The van der Waals surface area contributed by atoms with E-state index in [1.54, 1.807) is 36.4 Å². The maximum Gasteiger partial charge on any atom is 0.337 e. The molecular weight excluding hydrogens is 444 g/mol. The van der Waals surface area contributed by atoms with Crippen molar-refractivity contribution in [2.45, 2.75) is 13.8 Å². The molecule has 2 aromatic rings. The van der Waals surface area contributed by atoms with Gasteiger partial charge in [-0.1, -0.05) is 31.5 Å². The fraction of sp³-hybridized carbons (Fsp3) is 0.375. The lowest BCUT2D eigenvalue weighted by Crippen LogP contribution is -2.49. The first kappa shape index (κ1) is 24.5. The van der Waals surface area contributed by atoms with Crippen LogP contribution in [0.25, 0.3) is 0 Å². The van der Waals surface area contributed by atoms with Gasteiger partial charge in [0, 0.05) is 49.0 Å². The fourth-order valence-electron chi connectivity index (χ4n) is 3.58. The summed E-state index contributed by atoms with van der Waals surface area (Å²) in [5, 5.41) is 15.7. The average Bonchev–Trinajstić information content (AvgIpc) is 2.78. The zero-order valence-electron chi connectivity index (χ0n) is 18.8. The molecule has 0 aliphatic carbocycles. The minimum absolute atomic E-state index is 0.0124. The number of anilines is 2. The Balaban J connectivity index is 1.63. The summed E-state index contributed by atoms with van der Waals surface area (Å²) in [4.78, 5) is 40.6. The van der Waals surface area contributed by atoms with Gasteiger partial charge in [0.1, 0.15) is 0 Å². The lowest BCUT2D eigenvalue weighted by Gasteiger charge is -2.36.